The van der Waals surface area contributed by atoms with Crippen LogP contribution < -0.4 is 10.9 Å². The summed E-state index contributed by atoms with van der Waals surface area (Å²) >= 11 is 0. The predicted molar refractivity (Wildman–Crippen MR) is 159 cm³/mol. The minimum atomic E-state index is -4.50. The maximum Gasteiger partial charge on any atom is 0.277 e. The summed E-state index contributed by atoms with van der Waals surface area (Å²) in [6.07, 6.45) is 2.24. The molecule has 1 heterocycles. The van der Waals surface area contributed by atoms with Gasteiger partial charge in [0.2, 0.25) is 15.7 Å². The zero-order valence-electron chi connectivity index (χ0n) is 23.7. The van der Waals surface area contributed by atoms with Crippen molar-refractivity contribution in [3.8, 4) is 23.1 Å². The van der Waals surface area contributed by atoms with Crippen molar-refractivity contribution in [1.29, 1.82) is 5.26 Å². The number of carbonyl (C=O) groups is 1. The van der Waals surface area contributed by atoms with Gasteiger partial charge in [0.05, 0.1) is 22.6 Å². The number of unbranched alkanes of at least 4 members (excludes halogenated alkanes) is 1. The van der Waals surface area contributed by atoms with E-state index in [1.54, 1.807) is 60.7 Å². The molecule has 0 spiro atoms. The highest BCUT2D eigenvalue weighted by Gasteiger charge is 2.31. The first-order valence-electron chi connectivity index (χ1n) is 13.7. The van der Waals surface area contributed by atoms with Crippen molar-refractivity contribution in [2.24, 2.45) is 0 Å². The molecule has 0 radical (unpaired) electrons. The molecule has 0 aliphatic heterocycles. The highest BCUT2D eigenvalue weighted by Crippen LogP contribution is 2.31. The number of rotatable bonds is 10. The third kappa shape index (κ3) is 5.83. The van der Waals surface area contributed by atoms with Crippen LogP contribution in [0.2, 0.25) is 0 Å². The Morgan fingerprint density at radius 1 is 1.07 bits per heavy atom. The first kappa shape index (κ1) is 30.2. The molecule has 1 amide bonds. The van der Waals surface area contributed by atoms with Crippen molar-refractivity contribution in [2.75, 3.05) is 7.05 Å². The molecular weight excluding hydrogens is 552 g/mol. The van der Waals surface area contributed by atoms with Gasteiger partial charge in [0.1, 0.15) is 5.82 Å². The number of hydrogen-bond acceptors (Lipinski definition) is 7. The van der Waals surface area contributed by atoms with Gasteiger partial charge in [-0.15, -0.1) is 0 Å². The Balaban J connectivity index is 1.86. The number of aryl methyl sites for hydroxylation is 1. The molecule has 216 valence electrons. The molecule has 4 rings (SSSR count). The second-order valence-corrected chi connectivity index (χ2v) is 11.7. The molecule has 0 fully saturated rings. The Morgan fingerprint density at radius 3 is 2.43 bits per heavy atom. The summed E-state index contributed by atoms with van der Waals surface area (Å²) in [4.78, 5) is 29.6. The number of nitriles is 1. The highest BCUT2D eigenvalue weighted by molar-refractivity contribution is 7.91. The van der Waals surface area contributed by atoms with E-state index in [-0.39, 0.29) is 16.6 Å². The second kappa shape index (κ2) is 12.8. The van der Waals surface area contributed by atoms with E-state index in [1.165, 1.54) is 23.7 Å². The van der Waals surface area contributed by atoms with E-state index in [2.05, 4.69) is 16.4 Å². The summed E-state index contributed by atoms with van der Waals surface area (Å²) in [5.74, 6) is -0.863. The zero-order valence-corrected chi connectivity index (χ0v) is 24.5. The monoisotopic (exact) mass is 584 g/mol. The quantitative estimate of drug-likeness (QED) is 0.266. The number of benzene rings is 3. The van der Waals surface area contributed by atoms with Crippen LogP contribution in [0.4, 0.5) is 0 Å². The smallest absolute Gasteiger partial charge is 0.277 e. The van der Waals surface area contributed by atoms with Crippen LogP contribution in [0.3, 0.4) is 0 Å². The molecule has 0 saturated carbocycles. The normalized spacial score (nSPS) is 12.0. The van der Waals surface area contributed by atoms with Gasteiger partial charge in [0, 0.05) is 19.0 Å². The van der Waals surface area contributed by atoms with Gasteiger partial charge >= 0.3 is 0 Å². The molecule has 4 aromatic rings. The summed E-state index contributed by atoms with van der Waals surface area (Å²) in [6.45, 7) is 3.84. The first-order chi connectivity index (χ1) is 20.2. The summed E-state index contributed by atoms with van der Waals surface area (Å²) < 4.78 is 29.0. The van der Waals surface area contributed by atoms with Crippen molar-refractivity contribution in [3.63, 3.8) is 0 Å². The molecule has 2 N–H and O–H groups in total. The summed E-state index contributed by atoms with van der Waals surface area (Å²) in [7, 11) is -2.98. The summed E-state index contributed by atoms with van der Waals surface area (Å²) in [6, 6.07) is 21.0. The number of aromatic hydroxyl groups is 1. The molecule has 0 saturated heterocycles. The van der Waals surface area contributed by atoms with Gasteiger partial charge in [-0.3, -0.25) is 14.2 Å². The van der Waals surface area contributed by atoms with Crippen LogP contribution in [0.1, 0.15) is 66.5 Å². The van der Waals surface area contributed by atoms with Crippen LogP contribution in [0.15, 0.2) is 87.4 Å². The Hall–Kier alpha value is -4.75. The van der Waals surface area contributed by atoms with Crippen LogP contribution in [-0.2, 0) is 16.3 Å². The van der Waals surface area contributed by atoms with Gasteiger partial charge in [-0.25, -0.2) is 8.42 Å². The van der Waals surface area contributed by atoms with E-state index in [4.69, 9.17) is 0 Å². The molecule has 10 heteroatoms. The number of aromatic nitrogens is 2. The summed E-state index contributed by atoms with van der Waals surface area (Å²) in [5, 5.41) is 22.9. The number of nitrogens with one attached hydrogen (secondary N) is 1. The van der Waals surface area contributed by atoms with E-state index < -0.39 is 32.2 Å². The summed E-state index contributed by atoms with van der Waals surface area (Å²) in [5.41, 5.74) is 1.83. The fourth-order valence-electron chi connectivity index (χ4n) is 5.00. The van der Waals surface area contributed by atoms with E-state index >= 15 is 0 Å². The van der Waals surface area contributed by atoms with E-state index in [0.29, 0.717) is 47.1 Å². The minimum Gasteiger partial charge on any atom is -0.492 e. The van der Waals surface area contributed by atoms with Crippen LogP contribution in [0, 0.1) is 11.3 Å². The third-order valence-corrected chi connectivity index (χ3v) is 8.91. The van der Waals surface area contributed by atoms with Crippen molar-refractivity contribution < 1.29 is 18.3 Å². The standard InChI is InChI=1S/C32H32N4O5S/c1-4-6-14-28-35-31(38)29(32(39)36(28)27(5-2)23-11-9-10-21(19-23)20-33)42(40,41)24-17-15-22(16-18-24)25-12-7-8-13-26(25)30(37)34-3/h7-13,15-19,27,38H,4-6,14H2,1-3H3,(H,34,37)/t27-/m0/s1. The van der Waals surface area contributed by atoms with Gasteiger partial charge in [-0.1, -0.05) is 62.7 Å². The number of sulfone groups is 1. The van der Waals surface area contributed by atoms with E-state index in [0.717, 1.165) is 6.42 Å². The zero-order chi connectivity index (χ0) is 30.4. The fraction of sp³-hybridized carbons (Fsp3) is 0.250. The molecule has 1 atom stereocenters. The van der Waals surface area contributed by atoms with Gasteiger partial charge in [-0.2, -0.15) is 10.2 Å². The van der Waals surface area contributed by atoms with Gasteiger partial charge in [0.15, 0.2) is 4.90 Å². The fourth-order valence-corrected chi connectivity index (χ4v) is 6.34. The highest BCUT2D eigenvalue weighted by atomic mass is 32.2. The number of amides is 1. The average molecular weight is 585 g/mol. The molecule has 42 heavy (non-hydrogen) atoms. The lowest BCUT2D eigenvalue weighted by atomic mass is 9.99. The van der Waals surface area contributed by atoms with Crippen LogP contribution >= 0.6 is 0 Å². The Labute approximate surface area is 245 Å². The Morgan fingerprint density at radius 2 is 1.79 bits per heavy atom. The maximum atomic E-state index is 14.0. The average Bonchev–Trinajstić information content (AvgIpc) is 3.01. The van der Waals surface area contributed by atoms with Crippen molar-refractivity contribution in [1.82, 2.24) is 14.9 Å². The third-order valence-electron chi connectivity index (χ3n) is 7.13. The molecule has 0 bridgehead atoms. The van der Waals surface area contributed by atoms with Crippen LogP contribution in [0.25, 0.3) is 11.1 Å². The van der Waals surface area contributed by atoms with Crippen molar-refractivity contribution in [2.45, 2.75) is 55.4 Å². The number of hydrogen-bond donors (Lipinski definition) is 2. The Kier molecular flexibility index (Phi) is 9.23. The van der Waals surface area contributed by atoms with Crippen LogP contribution in [-0.4, -0.2) is 36.0 Å². The lowest BCUT2D eigenvalue weighted by Gasteiger charge is -2.23. The van der Waals surface area contributed by atoms with Crippen molar-refractivity contribution >= 4 is 15.7 Å². The molecule has 0 unspecified atom stereocenters. The number of carbonyl (C=O) groups excluding carboxylic acids is 1. The van der Waals surface area contributed by atoms with Crippen molar-refractivity contribution in [3.05, 3.63) is 106 Å². The molecular formula is C32H32N4O5S. The Bertz CT molecular complexity index is 1820. The molecule has 9 nitrogen and oxygen atoms in total. The predicted octanol–water partition coefficient (Wildman–Crippen LogP) is 5.02. The first-order valence-corrected chi connectivity index (χ1v) is 15.2. The van der Waals surface area contributed by atoms with Gasteiger partial charge < -0.3 is 10.4 Å². The van der Waals surface area contributed by atoms with Gasteiger partial charge in [-0.05, 0) is 59.9 Å². The molecule has 0 aliphatic carbocycles. The topological polar surface area (TPSA) is 142 Å². The molecule has 1 aromatic heterocycles. The van der Waals surface area contributed by atoms with Crippen LogP contribution in [0.5, 0.6) is 5.88 Å². The lowest BCUT2D eigenvalue weighted by molar-refractivity contribution is 0.0963. The minimum absolute atomic E-state index is 0.203. The maximum absolute atomic E-state index is 14.0. The van der Waals surface area contributed by atoms with E-state index in [9.17, 15) is 28.4 Å². The van der Waals surface area contributed by atoms with E-state index in [1.807, 2.05) is 13.8 Å². The second-order valence-electron chi connectivity index (χ2n) is 9.77. The SMILES string of the molecule is CCCCc1nc(O)c(S(=O)(=O)c2ccc(-c3ccccc3C(=O)NC)cc2)c(=O)n1[C@@H](CC)c1cccc(C#N)c1. The molecule has 3 aromatic carbocycles. The lowest BCUT2D eigenvalue weighted by Crippen LogP contribution is -2.33. The molecule has 0 aliphatic rings. The number of nitrogens with zero attached hydrogens (tertiary/aromatic N) is 3. The largest absolute Gasteiger partial charge is 0.492 e. The van der Waals surface area contributed by atoms with Gasteiger partial charge in [0.25, 0.3) is 11.5 Å².